The van der Waals surface area contributed by atoms with E-state index < -0.39 is 11.7 Å². The lowest BCUT2D eigenvalue weighted by molar-refractivity contribution is 0.102. The van der Waals surface area contributed by atoms with Gasteiger partial charge in [-0.05, 0) is 13.0 Å². The van der Waals surface area contributed by atoms with Crippen LogP contribution in [0.25, 0.3) is 0 Å². The summed E-state index contributed by atoms with van der Waals surface area (Å²) in [5.41, 5.74) is -0.0668. The third kappa shape index (κ3) is 2.19. The summed E-state index contributed by atoms with van der Waals surface area (Å²) in [4.78, 5) is 15.2. The minimum absolute atomic E-state index is 0.0668. The number of anilines is 1. The quantitative estimate of drug-likeness (QED) is 0.863. The standard InChI is InChI=1S/C9H7FN4OS/c1-5-13-14-9(16-5)12-8(15)6-2-3-11-4-7(6)10/h2-4H,1H3,(H,12,14,15). The molecule has 0 aromatic carbocycles. The lowest BCUT2D eigenvalue weighted by Crippen LogP contribution is -2.13. The third-order valence-electron chi connectivity index (χ3n) is 1.76. The van der Waals surface area contributed by atoms with Gasteiger partial charge in [0.25, 0.3) is 5.91 Å². The molecule has 1 N–H and O–H groups in total. The summed E-state index contributed by atoms with van der Waals surface area (Å²) in [6.45, 7) is 1.76. The van der Waals surface area contributed by atoms with Crippen LogP contribution in [0.1, 0.15) is 15.4 Å². The lowest BCUT2D eigenvalue weighted by atomic mass is 10.2. The molecule has 0 bridgehead atoms. The van der Waals surface area contributed by atoms with Gasteiger partial charge in [-0.3, -0.25) is 15.1 Å². The smallest absolute Gasteiger partial charge is 0.260 e. The number of nitrogens with one attached hydrogen (secondary N) is 1. The Morgan fingerprint density at radius 3 is 2.94 bits per heavy atom. The van der Waals surface area contributed by atoms with Crippen molar-refractivity contribution in [2.24, 2.45) is 0 Å². The molecule has 7 heteroatoms. The van der Waals surface area contributed by atoms with Crippen LogP contribution in [0.4, 0.5) is 9.52 Å². The Morgan fingerprint density at radius 1 is 1.50 bits per heavy atom. The van der Waals surface area contributed by atoms with Gasteiger partial charge in [-0.2, -0.15) is 0 Å². The van der Waals surface area contributed by atoms with Gasteiger partial charge in [0.15, 0.2) is 5.82 Å². The third-order valence-corrected chi connectivity index (χ3v) is 2.52. The highest BCUT2D eigenvalue weighted by Crippen LogP contribution is 2.15. The zero-order chi connectivity index (χ0) is 11.5. The highest BCUT2D eigenvalue weighted by atomic mass is 32.1. The van der Waals surface area contributed by atoms with Crippen LogP contribution in [0.5, 0.6) is 0 Å². The summed E-state index contributed by atoms with van der Waals surface area (Å²) >= 11 is 1.22. The van der Waals surface area contributed by atoms with E-state index in [-0.39, 0.29) is 5.56 Å². The van der Waals surface area contributed by atoms with Crippen molar-refractivity contribution in [1.29, 1.82) is 0 Å². The van der Waals surface area contributed by atoms with Crippen LogP contribution >= 0.6 is 11.3 Å². The number of pyridine rings is 1. The maximum atomic E-state index is 13.2. The minimum Gasteiger partial charge on any atom is -0.296 e. The van der Waals surface area contributed by atoms with E-state index in [0.29, 0.717) is 5.13 Å². The number of rotatable bonds is 2. The largest absolute Gasteiger partial charge is 0.296 e. The van der Waals surface area contributed by atoms with Gasteiger partial charge in [0.1, 0.15) is 5.01 Å². The van der Waals surface area contributed by atoms with Crippen molar-refractivity contribution < 1.29 is 9.18 Å². The first kappa shape index (κ1) is 10.6. The summed E-state index contributed by atoms with van der Waals surface area (Å²) in [6, 6.07) is 1.30. The molecule has 2 heterocycles. The molecule has 0 atom stereocenters. The van der Waals surface area contributed by atoms with Gasteiger partial charge in [-0.25, -0.2) is 4.39 Å². The summed E-state index contributed by atoms with van der Waals surface area (Å²) in [7, 11) is 0. The van der Waals surface area contributed by atoms with Gasteiger partial charge in [-0.1, -0.05) is 11.3 Å². The molecule has 0 fully saturated rings. The fourth-order valence-corrected chi connectivity index (χ4v) is 1.66. The number of halogens is 1. The molecule has 82 valence electrons. The summed E-state index contributed by atoms with van der Waals surface area (Å²) in [5, 5.41) is 11.0. The molecule has 0 saturated heterocycles. The van der Waals surface area contributed by atoms with Crippen LogP contribution in [-0.4, -0.2) is 21.1 Å². The molecule has 0 saturated carbocycles. The molecule has 2 aromatic rings. The molecule has 2 rings (SSSR count). The number of amides is 1. The van der Waals surface area contributed by atoms with E-state index in [4.69, 9.17) is 0 Å². The normalized spacial score (nSPS) is 10.1. The lowest BCUT2D eigenvalue weighted by Gasteiger charge is -2.01. The number of hydrogen-bond acceptors (Lipinski definition) is 5. The maximum Gasteiger partial charge on any atom is 0.260 e. The Hall–Kier alpha value is -1.89. The molecule has 16 heavy (non-hydrogen) atoms. The van der Waals surface area contributed by atoms with Crippen molar-refractivity contribution in [3.63, 3.8) is 0 Å². The second-order valence-electron chi connectivity index (χ2n) is 2.94. The molecular formula is C9H7FN4OS. The van der Waals surface area contributed by atoms with Gasteiger partial charge in [0, 0.05) is 6.20 Å². The monoisotopic (exact) mass is 238 g/mol. The van der Waals surface area contributed by atoms with Gasteiger partial charge < -0.3 is 0 Å². The SMILES string of the molecule is Cc1nnc(NC(=O)c2ccncc2F)s1. The molecule has 0 aliphatic heterocycles. The molecule has 2 aromatic heterocycles. The molecule has 0 aliphatic rings. The minimum atomic E-state index is -0.666. The van der Waals surface area contributed by atoms with Crippen molar-refractivity contribution in [3.05, 3.63) is 34.8 Å². The Labute approximate surface area is 94.4 Å². The van der Waals surface area contributed by atoms with E-state index in [1.54, 1.807) is 6.92 Å². The van der Waals surface area contributed by atoms with Crippen molar-refractivity contribution in [3.8, 4) is 0 Å². The number of nitrogens with zero attached hydrogens (tertiary/aromatic N) is 3. The van der Waals surface area contributed by atoms with Gasteiger partial charge in [0.05, 0.1) is 11.8 Å². The van der Waals surface area contributed by atoms with E-state index in [1.807, 2.05) is 0 Å². The summed E-state index contributed by atoms with van der Waals surface area (Å²) < 4.78 is 13.2. The van der Waals surface area contributed by atoms with Gasteiger partial charge in [0.2, 0.25) is 5.13 Å². The van der Waals surface area contributed by atoms with Crippen LogP contribution < -0.4 is 5.32 Å². The highest BCUT2D eigenvalue weighted by Gasteiger charge is 2.13. The molecule has 0 unspecified atom stereocenters. The first-order valence-corrected chi connectivity index (χ1v) is 5.19. The molecule has 0 aliphatic carbocycles. The zero-order valence-corrected chi connectivity index (χ0v) is 9.08. The maximum absolute atomic E-state index is 13.2. The fraction of sp³-hybridized carbons (Fsp3) is 0.111. The summed E-state index contributed by atoms with van der Waals surface area (Å²) in [5.74, 6) is -1.22. The topological polar surface area (TPSA) is 67.8 Å². The van der Waals surface area contributed by atoms with Crippen molar-refractivity contribution >= 4 is 22.4 Å². The Kier molecular flexibility index (Phi) is 2.86. The average molecular weight is 238 g/mol. The molecular weight excluding hydrogens is 231 g/mol. The zero-order valence-electron chi connectivity index (χ0n) is 8.27. The van der Waals surface area contributed by atoms with Gasteiger partial charge >= 0.3 is 0 Å². The van der Waals surface area contributed by atoms with Crippen LogP contribution in [0.15, 0.2) is 18.5 Å². The van der Waals surface area contributed by atoms with Crippen LogP contribution in [0.2, 0.25) is 0 Å². The Morgan fingerprint density at radius 2 is 2.31 bits per heavy atom. The average Bonchev–Trinajstić information content (AvgIpc) is 2.64. The molecule has 5 nitrogen and oxygen atoms in total. The number of aryl methyl sites for hydroxylation is 1. The van der Waals surface area contributed by atoms with Crippen LogP contribution in [-0.2, 0) is 0 Å². The first-order valence-electron chi connectivity index (χ1n) is 4.38. The predicted octanol–water partition coefficient (Wildman–Crippen LogP) is 1.63. The second kappa shape index (κ2) is 4.31. The van der Waals surface area contributed by atoms with Gasteiger partial charge in [-0.15, -0.1) is 10.2 Å². The number of carbonyl (C=O) groups is 1. The van der Waals surface area contributed by atoms with E-state index in [9.17, 15) is 9.18 Å². The Bertz CT molecular complexity index is 528. The highest BCUT2D eigenvalue weighted by molar-refractivity contribution is 7.15. The number of hydrogen-bond donors (Lipinski definition) is 1. The molecule has 1 amide bonds. The van der Waals surface area contributed by atoms with E-state index in [2.05, 4.69) is 20.5 Å². The Balaban J connectivity index is 2.18. The predicted molar refractivity (Wildman–Crippen MR) is 56.8 cm³/mol. The van der Waals surface area contributed by atoms with E-state index in [0.717, 1.165) is 11.2 Å². The van der Waals surface area contributed by atoms with E-state index >= 15 is 0 Å². The number of aromatic nitrogens is 3. The van der Waals surface area contributed by atoms with Crippen molar-refractivity contribution in [2.75, 3.05) is 5.32 Å². The molecule has 0 radical (unpaired) electrons. The van der Waals surface area contributed by atoms with E-state index in [1.165, 1.54) is 23.6 Å². The first-order chi connectivity index (χ1) is 7.66. The number of carbonyl (C=O) groups excluding carboxylic acids is 1. The van der Waals surface area contributed by atoms with Crippen LogP contribution in [0.3, 0.4) is 0 Å². The van der Waals surface area contributed by atoms with Crippen molar-refractivity contribution in [2.45, 2.75) is 6.92 Å². The molecule has 0 spiro atoms. The second-order valence-corrected chi connectivity index (χ2v) is 4.12. The van der Waals surface area contributed by atoms with Crippen LogP contribution in [0, 0.1) is 12.7 Å². The summed E-state index contributed by atoms with van der Waals surface area (Å²) in [6.07, 6.45) is 2.34. The fourth-order valence-electron chi connectivity index (χ4n) is 1.07. The van der Waals surface area contributed by atoms with Crippen molar-refractivity contribution in [1.82, 2.24) is 15.2 Å².